The number of rotatable bonds is 8. The first-order chi connectivity index (χ1) is 17.6. The number of nitrogens with zero attached hydrogens (tertiary/aromatic N) is 3. The van der Waals surface area contributed by atoms with Crippen molar-refractivity contribution in [2.24, 2.45) is 0 Å². The minimum absolute atomic E-state index is 0.146. The van der Waals surface area contributed by atoms with Crippen molar-refractivity contribution in [2.45, 2.75) is 47.9 Å². The van der Waals surface area contributed by atoms with Crippen LogP contribution < -0.4 is 5.32 Å². The molecule has 0 atom stereocenters. The molecule has 0 spiro atoms. The van der Waals surface area contributed by atoms with E-state index in [9.17, 15) is 21.6 Å². The molecular formula is C25H33BrN4O5S2. The lowest BCUT2D eigenvalue weighted by Gasteiger charge is -2.33. The van der Waals surface area contributed by atoms with Crippen LogP contribution >= 0.6 is 15.9 Å². The number of nitrogens with one attached hydrogen (secondary N) is 1. The lowest BCUT2D eigenvalue weighted by molar-refractivity contribution is -0.116. The van der Waals surface area contributed by atoms with Crippen LogP contribution in [0.1, 0.15) is 32.1 Å². The van der Waals surface area contributed by atoms with Crippen molar-refractivity contribution >= 4 is 47.6 Å². The quantitative estimate of drug-likeness (QED) is 0.490. The molecule has 1 saturated heterocycles. The van der Waals surface area contributed by atoms with E-state index in [1.165, 1.54) is 45.0 Å². The smallest absolute Gasteiger partial charge is 0.243 e. The van der Waals surface area contributed by atoms with Crippen molar-refractivity contribution in [1.29, 1.82) is 0 Å². The molecule has 1 amide bonds. The van der Waals surface area contributed by atoms with E-state index in [2.05, 4.69) is 26.1 Å². The summed E-state index contributed by atoms with van der Waals surface area (Å²) in [6.45, 7) is 1.90. The molecule has 12 heteroatoms. The molecule has 1 aliphatic carbocycles. The minimum Gasteiger partial charge on any atom is -0.325 e. The van der Waals surface area contributed by atoms with Gasteiger partial charge in [-0.15, -0.1) is 0 Å². The Labute approximate surface area is 228 Å². The highest BCUT2D eigenvalue weighted by molar-refractivity contribution is 9.10. The standard InChI is InChI=1S/C25H33BrN4O5S2/c1-28-15-17-29(18-16-28)36(32,33)23-13-9-21(10-14-23)27-25(31)19-30(22-5-3-2-4-6-22)37(34,35)24-11-7-20(26)8-12-24/h7-14,22H,2-6,15-19H2,1H3,(H,27,31). The van der Waals surface area contributed by atoms with Gasteiger partial charge in [-0.25, -0.2) is 16.8 Å². The molecule has 0 aromatic heterocycles. The van der Waals surface area contributed by atoms with Gasteiger partial charge >= 0.3 is 0 Å². The van der Waals surface area contributed by atoms with Gasteiger partial charge in [-0.05, 0) is 68.4 Å². The van der Waals surface area contributed by atoms with Gasteiger partial charge in [0.1, 0.15) is 0 Å². The van der Waals surface area contributed by atoms with Crippen LogP contribution in [-0.4, -0.2) is 82.1 Å². The Morgan fingerprint density at radius 1 is 0.892 bits per heavy atom. The number of halogens is 1. The van der Waals surface area contributed by atoms with Crippen LogP contribution in [0.3, 0.4) is 0 Å². The molecule has 2 aromatic rings. The Morgan fingerprint density at radius 3 is 2.05 bits per heavy atom. The average molecular weight is 614 g/mol. The monoisotopic (exact) mass is 612 g/mol. The maximum Gasteiger partial charge on any atom is 0.243 e. The molecule has 2 aromatic carbocycles. The predicted octanol–water partition coefficient (Wildman–Crippen LogP) is 3.35. The first kappa shape index (κ1) is 28.2. The molecule has 9 nitrogen and oxygen atoms in total. The fourth-order valence-electron chi connectivity index (χ4n) is 4.75. The van der Waals surface area contributed by atoms with Crippen LogP contribution in [0.15, 0.2) is 62.8 Å². The number of anilines is 1. The van der Waals surface area contributed by atoms with Crippen LogP contribution in [0, 0.1) is 0 Å². The number of benzene rings is 2. The second kappa shape index (κ2) is 11.9. The summed E-state index contributed by atoms with van der Waals surface area (Å²) in [5.41, 5.74) is 0.409. The molecule has 1 aliphatic heterocycles. The molecule has 1 heterocycles. The molecule has 1 saturated carbocycles. The van der Waals surface area contributed by atoms with Crippen molar-refractivity contribution in [1.82, 2.24) is 13.5 Å². The third-order valence-corrected chi connectivity index (χ3v) is 11.3. The topological polar surface area (TPSA) is 107 Å². The molecule has 0 radical (unpaired) electrons. The Bertz CT molecular complexity index is 1290. The van der Waals surface area contributed by atoms with Crippen LogP contribution in [0.25, 0.3) is 0 Å². The fourth-order valence-corrected chi connectivity index (χ4v) is 8.08. The number of likely N-dealkylation sites (N-methyl/N-ethyl adjacent to an activating group) is 1. The third kappa shape index (κ3) is 6.79. The summed E-state index contributed by atoms with van der Waals surface area (Å²) in [4.78, 5) is 15.4. The highest BCUT2D eigenvalue weighted by atomic mass is 79.9. The van der Waals surface area contributed by atoms with Gasteiger partial charge in [-0.1, -0.05) is 35.2 Å². The van der Waals surface area contributed by atoms with Crippen LogP contribution in [-0.2, 0) is 24.8 Å². The first-order valence-corrected chi connectivity index (χ1v) is 16.1. The summed E-state index contributed by atoms with van der Waals surface area (Å²) >= 11 is 3.33. The Kier molecular flexibility index (Phi) is 9.08. The Hall–Kier alpha value is -1.83. The van der Waals surface area contributed by atoms with E-state index in [-0.39, 0.29) is 22.4 Å². The van der Waals surface area contributed by atoms with Gasteiger partial charge in [-0.2, -0.15) is 8.61 Å². The number of carbonyl (C=O) groups excluding carboxylic acids is 1. The molecule has 2 aliphatic rings. The first-order valence-electron chi connectivity index (χ1n) is 12.4. The number of sulfonamides is 2. The van der Waals surface area contributed by atoms with E-state index in [0.717, 1.165) is 23.7 Å². The maximum atomic E-state index is 13.5. The number of hydrogen-bond acceptors (Lipinski definition) is 6. The third-order valence-electron chi connectivity index (χ3n) is 6.94. The molecule has 2 fully saturated rings. The summed E-state index contributed by atoms with van der Waals surface area (Å²) in [6.07, 6.45) is 4.31. The van der Waals surface area contributed by atoms with Crippen LogP contribution in [0.4, 0.5) is 5.69 Å². The predicted molar refractivity (Wildman–Crippen MR) is 146 cm³/mol. The zero-order valence-corrected chi connectivity index (χ0v) is 24.1. The molecule has 202 valence electrons. The Balaban J connectivity index is 1.47. The van der Waals surface area contributed by atoms with E-state index in [1.54, 1.807) is 12.1 Å². The zero-order chi connectivity index (χ0) is 26.6. The van der Waals surface area contributed by atoms with Gasteiger partial charge in [0.25, 0.3) is 0 Å². The molecule has 0 bridgehead atoms. The Morgan fingerprint density at radius 2 is 1.46 bits per heavy atom. The fraction of sp³-hybridized carbons (Fsp3) is 0.480. The van der Waals surface area contributed by atoms with Crippen molar-refractivity contribution in [3.05, 3.63) is 53.0 Å². The van der Waals surface area contributed by atoms with Crippen molar-refractivity contribution < 1.29 is 21.6 Å². The summed E-state index contributed by atoms with van der Waals surface area (Å²) in [5.74, 6) is -0.471. The van der Waals surface area contributed by atoms with E-state index in [4.69, 9.17) is 0 Å². The summed E-state index contributed by atoms with van der Waals surface area (Å²) < 4.78 is 56.5. The van der Waals surface area contributed by atoms with Gasteiger partial charge in [0.15, 0.2) is 0 Å². The maximum absolute atomic E-state index is 13.5. The lowest BCUT2D eigenvalue weighted by Crippen LogP contribution is -2.47. The molecular weight excluding hydrogens is 580 g/mol. The van der Waals surface area contributed by atoms with Crippen molar-refractivity contribution in [3.8, 4) is 0 Å². The van der Waals surface area contributed by atoms with E-state index < -0.39 is 26.0 Å². The van der Waals surface area contributed by atoms with Gasteiger partial charge in [-0.3, -0.25) is 4.79 Å². The summed E-state index contributed by atoms with van der Waals surface area (Å²) in [6, 6.07) is 12.2. The van der Waals surface area contributed by atoms with Crippen LogP contribution in [0.2, 0.25) is 0 Å². The number of carbonyl (C=O) groups is 1. The number of piperazine rings is 1. The average Bonchev–Trinajstić information content (AvgIpc) is 2.88. The molecule has 37 heavy (non-hydrogen) atoms. The highest BCUT2D eigenvalue weighted by Gasteiger charge is 2.34. The van der Waals surface area contributed by atoms with Crippen LogP contribution in [0.5, 0.6) is 0 Å². The molecule has 0 unspecified atom stereocenters. The minimum atomic E-state index is -3.88. The van der Waals surface area contributed by atoms with Crippen molar-refractivity contribution in [3.63, 3.8) is 0 Å². The largest absolute Gasteiger partial charge is 0.325 e. The number of hydrogen-bond donors (Lipinski definition) is 1. The SMILES string of the molecule is CN1CCN(S(=O)(=O)c2ccc(NC(=O)CN(C3CCCCC3)S(=O)(=O)c3ccc(Br)cc3)cc2)CC1. The van der Waals surface area contributed by atoms with Gasteiger partial charge in [0, 0.05) is 42.4 Å². The second-order valence-corrected chi connectivity index (χ2v) is 14.3. The zero-order valence-electron chi connectivity index (χ0n) is 20.8. The summed E-state index contributed by atoms with van der Waals surface area (Å²) in [7, 11) is -5.54. The normalized spacial score (nSPS) is 18.7. The molecule has 4 rings (SSSR count). The van der Waals surface area contributed by atoms with E-state index >= 15 is 0 Å². The summed E-state index contributed by atoms with van der Waals surface area (Å²) in [5, 5.41) is 2.74. The van der Waals surface area contributed by atoms with Crippen molar-refractivity contribution in [2.75, 3.05) is 45.1 Å². The van der Waals surface area contributed by atoms with Gasteiger partial charge in [0.2, 0.25) is 26.0 Å². The van der Waals surface area contributed by atoms with Gasteiger partial charge in [0.05, 0.1) is 16.3 Å². The van der Waals surface area contributed by atoms with E-state index in [1.807, 2.05) is 7.05 Å². The number of amides is 1. The second-order valence-electron chi connectivity index (χ2n) is 9.58. The van der Waals surface area contributed by atoms with E-state index in [0.29, 0.717) is 44.7 Å². The highest BCUT2D eigenvalue weighted by Crippen LogP contribution is 2.28. The van der Waals surface area contributed by atoms with Gasteiger partial charge < -0.3 is 10.2 Å². The lowest BCUT2D eigenvalue weighted by atomic mass is 9.95. The molecule has 1 N–H and O–H groups in total.